The van der Waals surface area contributed by atoms with Crippen LogP contribution >= 0.6 is 12.4 Å². The van der Waals surface area contributed by atoms with Gasteiger partial charge in [0.15, 0.2) is 0 Å². The van der Waals surface area contributed by atoms with Crippen molar-refractivity contribution in [1.82, 2.24) is 10.2 Å². The zero-order valence-electron chi connectivity index (χ0n) is 15.3. The van der Waals surface area contributed by atoms with Crippen LogP contribution in [0.4, 0.5) is 0 Å². The molecule has 1 aliphatic carbocycles. The molecule has 1 saturated heterocycles. The van der Waals surface area contributed by atoms with Crippen molar-refractivity contribution in [3.05, 3.63) is 59.2 Å². The summed E-state index contributed by atoms with van der Waals surface area (Å²) in [5, 5.41) is 3.23. The van der Waals surface area contributed by atoms with E-state index < -0.39 is 0 Å². The number of fused-ring (bicyclic) bond motifs is 3. The largest absolute Gasteiger partial charge is 0.339 e. The van der Waals surface area contributed by atoms with Crippen molar-refractivity contribution in [3.8, 4) is 11.1 Å². The number of nitrogens with zero attached hydrogens (tertiary/aromatic N) is 1. The Labute approximate surface area is 162 Å². The highest BCUT2D eigenvalue weighted by Crippen LogP contribution is 2.37. The van der Waals surface area contributed by atoms with Crippen molar-refractivity contribution in [2.75, 3.05) is 26.7 Å². The first-order valence-electron chi connectivity index (χ1n) is 9.41. The van der Waals surface area contributed by atoms with Crippen LogP contribution in [0.15, 0.2) is 42.5 Å². The van der Waals surface area contributed by atoms with Gasteiger partial charge >= 0.3 is 0 Å². The number of amides is 1. The second-order valence-electron chi connectivity index (χ2n) is 7.33. The summed E-state index contributed by atoms with van der Waals surface area (Å²) < 4.78 is 0. The number of carbonyl (C=O) groups excluding carboxylic acids is 1. The Hall–Kier alpha value is -1.84. The van der Waals surface area contributed by atoms with E-state index >= 15 is 0 Å². The molecular formula is C22H27ClN2O. The molecule has 1 amide bonds. The van der Waals surface area contributed by atoms with Crippen LogP contribution in [0.3, 0.4) is 0 Å². The van der Waals surface area contributed by atoms with Gasteiger partial charge in [-0.2, -0.15) is 0 Å². The quantitative estimate of drug-likeness (QED) is 0.748. The molecule has 1 aliphatic heterocycles. The molecule has 26 heavy (non-hydrogen) atoms. The van der Waals surface area contributed by atoms with Crippen molar-refractivity contribution < 1.29 is 4.79 Å². The van der Waals surface area contributed by atoms with Crippen LogP contribution in [0.1, 0.15) is 40.7 Å². The lowest BCUT2D eigenvalue weighted by molar-refractivity contribution is 0.0687. The lowest BCUT2D eigenvalue weighted by Gasteiger charge is -2.32. The summed E-state index contributed by atoms with van der Waals surface area (Å²) in [5.74, 6) is 0.955. The SMILES string of the molecule is CNCCC1CCN(C(=O)c2ccc3c(c2)Cc2ccccc2-3)CC1.Cl. The maximum atomic E-state index is 12.9. The number of benzene rings is 2. The molecule has 0 radical (unpaired) electrons. The van der Waals surface area contributed by atoms with Crippen molar-refractivity contribution in [3.63, 3.8) is 0 Å². The topological polar surface area (TPSA) is 32.3 Å². The van der Waals surface area contributed by atoms with Gasteiger partial charge in [-0.15, -0.1) is 12.4 Å². The van der Waals surface area contributed by atoms with Gasteiger partial charge in [0.05, 0.1) is 0 Å². The molecule has 1 fully saturated rings. The summed E-state index contributed by atoms with van der Waals surface area (Å²) in [7, 11) is 2.00. The van der Waals surface area contributed by atoms with E-state index in [4.69, 9.17) is 0 Å². The minimum atomic E-state index is 0. The third kappa shape index (κ3) is 3.65. The number of halogens is 1. The minimum absolute atomic E-state index is 0. The molecule has 0 aromatic heterocycles. The van der Waals surface area contributed by atoms with Gasteiger partial charge in [0.2, 0.25) is 0 Å². The normalized spacial score (nSPS) is 16.0. The van der Waals surface area contributed by atoms with E-state index in [1.807, 2.05) is 18.0 Å². The van der Waals surface area contributed by atoms with Crippen LogP contribution in [0.2, 0.25) is 0 Å². The molecule has 0 unspecified atom stereocenters. The van der Waals surface area contributed by atoms with Crippen LogP contribution in [-0.4, -0.2) is 37.5 Å². The molecule has 0 atom stereocenters. The Morgan fingerprint density at radius 3 is 2.58 bits per heavy atom. The van der Waals surface area contributed by atoms with Gasteiger partial charge in [-0.3, -0.25) is 4.79 Å². The molecule has 0 bridgehead atoms. The van der Waals surface area contributed by atoms with Gasteiger partial charge in [-0.25, -0.2) is 0 Å². The van der Waals surface area contributed by atoms with Gasteiger partial charge in [-0.05, 0) is 79.6 Å². The van der Waals surface area contributed by atoms with Gasteiger partial charge in [0.1, 0.15) is 0 Å². The summed E-state index contributed by atoms with van der Waals surface area (Å²) in [4.78, 5) is 14.9. The average Bonchev–Trinajstić information content (AvgIpc) is 3.04. The zero-order chi connectivity index (χ0) is 17.2. The number of nitrogens with one attached hydrogen (secondary N) is 1. The Balaban J connectivity index is 0.00000196. The fourth-order valence-electron chi connectivity index (χ4n) is 4.23. The number of likely N-dealkylation sites (tertiary alicyclic amines) is 1. The molecule has 4 rings (SSSR count). The molecule has 4 heteroatoms. The monoisotopic (exact) mass is 370 g/mol. The predicted molar refractivity (Wildman–Crippen MR) is 109 cm³/mol. The van der Waals surface area contributed by atoms with E-state index in [0.717, 1.165) is 50.4 Å². The average molecular weight is 371 g/mol. The molecule has 1 heterocycles. The summed E-state index contributed by atoms with van der Waals surface area (Å²) >= 11 is 0. The van der Waals surface area contributed by atoms with E-state index in [2.05, 4.69) is 41.7 Å². The molecule has 3 nitrogen and oxygen atoms in total. The van der Waals surface area contributed by atoms with Crippen molar-refractivity contribution >= 4 is 18.3 Å². The fraction of sp³-hybridized carbons (Fsp3) is 0.409. The van der Waals surface area contributed by atoms with Crippen LogP contribution in [-0.2, 0) is 6.42 Å². The number of hydrogen-bond donors (Lipinski definition) is 1. The maximum absolute atomic E-state index is 12.9. The first kappa shape index (κ1) is 18.9. The summed E-state index contributed by atoms with van der Waals surface area (Å²) in [6.45, 7) is 2.86. The highest BCUT2D eigenvalue weighted by molar-refractivity contribution is 5.95. The Bertz CT molecular complexity index is 781. The Morgan fingerprint density at radius 2 is 1.81 bits per heavy atom. The molecule has 138 valence electrons. The second kappa shape index (κ2) is 8.24. The molecule has 2 aliphatic rings. The van der Waals surface area contributed by atoms with Gasteiger partial charge in [0, 0.05) is 18.7 Å². The summed E-state index contributed by atoms with van der Waals surface area (Å²) in [5.41, 5.74) is 6.11. The van der Waals surface area contributed by atoms with E-state index in [1.165, 1.54) is 28.7 Å². The number of hydrogen-bond acceptors (Lipinski definition) is 2. The van der Waals surface area contributed by atoms with Gasteiger partial charge in [-0.1, -0.05) is 30.3 Å². The van der Waals surface area contributed by atoms with Gasteiger partial charge < -0.3 is 10.2 Å². The second-order valence-corrected chi connectivity index (χ2v) is 7.33. The number of carbonyl (C=O) groups is 1. The molecule has 2 aromatic carbocycles. The lowest BCUT2D eigenvalue weighted by atomic mass is 9.93. The van der Waals surface area contributed by atoms with Crippen LogP contribution in [0.25, 0.3) is 11.1 Å². The summed E-state index contributed by atoms with van der Waals surface area (Å²) in [6, 6.07) is 14.8. The third-order valence-corrected chi connectivity index (χ3v) is 5.74. The van der Waals surface area contributed by atoms with E-state index in [0.29, 0.717) is 0 Å². The first-order chi connectivity index (χ1) is 12.3. The van der Waals surface area contributed by atoms with Crippen LogP contribution in [0, 0.1) is 5.92 Å². The molecule has 0 spiro atoms. The Morgan fingerprint density at radius 1 is 1.08 bits per heavy atom. The molecule has 2 aromatic rings. The molecular weight excluding hydrogens is 344 g/mol. The van der Waals surface area contributed by atoms with Crippen molar-refractivity contribution in [2.45, 2.75) is 25.7 Å². The Kier molecular flexibility index (Phi) is 6.00. The maximum Gasteiger partial charge on any atom is 0.253 e. The highest BCUT2D eigenvalue weighted by Gasteiger charge is 2.25. The standard InChI is InChI=1S/C22H26N2O.ClH/c1-23-11-8-16-9-12-24(13-10-16)22(25)18-6-7-21-19(15-18)14-17-4-2-3-5-20(17)21;/h2-7,15-16,23H,8-14H2,1H3;1H. The molecule has 0 saturated carbocycles. The van der Waals surface area contributed by atoms with Crippen molar-refractivity contribution in [2.24, 2.45) is 5.92 Å². The summed E-state index contributed by atoms with van der Waals surface area (Å²) in [6.07, 6.45) is 4.42. The lowest BCUT2D eigenvalue weighted by Crippen LogP contribution is -2.39. The smallest absolute Gasteiger partial charge is 0.253 e. The van der Waals surface area contributed by atoms with Crippen LogP contribution in [0.5, 0.6) is 0 Å². The predicted octanol–water partition coefficient (Wildman–Crippen LogP) is 4.14. The number of piperidine rings is 1. The minimum Gasteiger partial charge on any atom is -0.339 e. The third-order valence-electron chi connectivity index (χ3n) is 5.74. The fourth-order valence-corrected chi connectivity index (χ4v) is 4.23. The van der Waals surface area contributed by atoms with Crippen LogP contribution < -0.4 is 5.32 Å². The highest BCUT2D eigenvalue weighted by atomic mass is 35.5. The number of rotatable bonds is 4. The first-order valence-corrected chi connectivity index (χ1v) is 9.41. The van der Waals surface area contributed by atoms with Crippen molar-refractivity contribution in [1.29, 1.82) is 0 Å². The zero-order valence-corrected chi connectivity index (χ0v) is 16.1. The molecule has 1 N–H and O–H groups in total. The van der Waals surface area contributed by atoms with E-state index in [9.17, 15) is 4.79 Å². The van der Waals surface area contributed by atoms with E-state index in [-0.39, 0.29) is 18.3 Å². The van der Waals surface area contributed by atoms with E-state index in [1.54, 1.807) is 0 Å². The van der Waals surface area contributed by atoms with Gasteiger partial charge in [0.25, 0.3) is 5.91 Å².